The highest BCUT2D eigenvalue weighted by Gasteiger charge is 2.53. The van der Waals surface area contributed by atoms with Crippen LogP contribution in [0.3, 0.4) is 0 Å². The maximum Gasteiger partial charge on any atom is 0.313 e. The van der Waals surface area contributed by atoms with Gasteiger partial charge in [0.05, 0.1) is 21.7 Å². The fourth-order valence-corrected chi connectivity index (χ4v) is 2.64. The Morgan fingerprint density at radius 1 is 0.611 bits per heavy atom. The lowest BCUT2D eigenvalue weighted by Gasteiger charge is -2.44. The minimum atomic E-state index is -1.56. The lowest BCUT2D eigenvalue weighted by molar-refractivity contribution is -0.303. The first-order valence-electron chi connectivity index (χ1n) is 12.1. The van der Waals surface area contributed by atoms with Gasteiger partial charge in [0, 0.05) is 0 Å². The minimum absolute atomic E-state index is 0.412. The molecule has 0 radical (unpaired) electrons. The highest BCUT2D eigenvalue weighted by molar-refractivity contribution is 5.77. The van der Waals surface area contributed by atoms with E-state index in [1.807, 2.05) is 0 Å². The van der Waals surface area contributed by atoms with Crippen LogP contribution in [0.5, 0.6) is 0 Å². The van der Waals surface area contributed by atoms with Crippen LogP contribution >= 0.6 is 0 Å². The van der Waals surface area contributed by atoms with E-state index >= 15 is 0 Å². The third-order valence-electron chi connectivity index (χ3n) is 5.16. The van der Waals surface area contributed by atoms with Gasteiger partial charge in [-0.15, -0.1) is 0 Å². The average molecular weight is 517 g/mol. The average Bonchev–Trinajstić information content (AvgIpc) is 2.67. The van der Waals surface area contributed by atoms with Crippen molar-refractivity contribution in [3.05, 3.63) is 0 Å². The molecular weight excluding hydrogens is 472 g/mol. The third kappa shape index (κ3) is 8.73. The smallest absolute Gasteiger partial charge is 0.313 e. The summed E-state index contributed by atoms with van der Waals surface area (Å²) in [5.41, 5.74) is -3.67. The normalized spacial score (nSPS) is 25.5. The number of carbonyl (C=O) groups excluding carboxylic acids is 4. The van der Waals surface area contributed by atoms with Crippen molar-refractivity contribution in [3.8, 4) is 0 Å². The third-order valence-corrected chi connectivity index (χ3v) is 5.16. The van der Waals surface area contributed by atoms with Crippen LogP contribution in [0.25, 0.3) is 0 Å². The van der Waals surface area contributed by atoms with Crippen LogP contribution in [-0.4, -0.2) is 66.3 Å². The van der Waals surface area contributed by atoms with Gasteiger partial charge in [-0.1, -0.05) is 0 Å². The van der Waals surface area contributed by atoms with Gasteiger partial charge in [0.2, 0.25) is 12.4 Å². The molecule has 0 bridgehead atoms. The molecule has 1 unspecified atom stereocenters. The zero-order chi connectivity index (χ0) is 28.4. The summed E-state index contributed by atoms with van der Waals surface area (Å²) in [6, 6.07) is 0. The lowest BCUT2D eigenvalue weighted by Crippen LogP contribution is -2.63. The van der Waals surface area contributed by atoms with E-state index in [-0.39, 0.29) is 0 Å². The summed E-state index contributed by atoms with van der Waals surface area (Å²) in [6.45, 7) is 19.2. The Labute approximate surface area is 214 Å². The van der Waals surface area contributed by atoms with Gasteiger partial charge in [-0.25, -0.2) is 0 Å². The summed E-state index contributed by atoms with van der Waals surface area (Å²) in [5.74, 6) is -2.59. The van der Waals surface area contributed by atoms with Crippen LogP contribution in [0.4, 0.5) is 0 Å². The molecule has 0 aromatic heterocycles. The predicted molar refractivity (Wildman–Crippen MR) is 129 cm³/mol. The van der Waals surface area contributed by atoms with E-state index in [1.54, 1.807) is 83.1 Å². The molecule has 1 rings (SSSR count). The van der Waals surface area contributed by atoms with Gasteiger partial charge in [0.15, 0.2) is 6.10 Å². The van der Waals surface area contributed by atoms with E-state index in [0.717, 1.165) is 0 Å². The number of ether oxygens (including phenoxy) is 5. The lowest BCUT2D eigenvalue weighted by atomic mass is 9.93. The predicted octanol–water partition coefficient (Wildman–Crippen LogP) is 3.17. The molecule has 1 fully saturated rings. The molecule has 0 aliphatic carbocycles. The summed E-state index contributed by atoms with van der Waals surface area (Å²) in [6.07, 6.45) is -7.28. The van der Waals surface area contributed by atoms with Crippen LogP contribution in [0, 0.1) is 21.7 Å². The van der Waals surface area contributed by atoms with Gasteiger partial charge in [0.1, 0.15) is 18.8 Å². The molecule has 1 heterocycles. The molecule has 1 N–H and O–H groups in total. The second-order valence-corrected chi connectivity index (χ2v) is 13.3. The highest BCUT2D eigenvalue weighted by atomic mass is 16.7. The number of esters is 4. The molecule has 5 atom stereocenters. The zero-order valence-corrected chi connectivity index (χ0v) is 23.7. The standard InChI is InChI=1S/C26H44O10/c1-23(2,3)19(28)32-13-14-15(27)16(34-20(29)24(4,5)6)17(35-21(30)25(7,8)9)18(33-14)36-22(31)26(10,11)12/h14-18,27H,13H2,1-12H3/t14-,15-,16+,17+,18?/m1/s1. The number of rotatable bonds is 5. The van der Waals surface area contributed by atoms with E-state index in [9.17, 15) is 24.3 Å². The summed E-state index contributed by atoms with van der Waals surface area (Å²) < 4.78 is 27.9. The fraction of sp³-hybridized carbons (Fsp3) is 0.846. The van der Waals surface area contributed by atoms with E-state index in [4.69, 9.17) is 23.7 Å². The minimum Gasteiger partial charge on any atom is -0.462 e. The highest BCUT2D eigenvalue weighted by Crippen LogP contribution is 2.33. The number of aliphatic hydroxyl groups is 1. The van der Waals surface area contributed by atoms with Gasteiger partial charge in [-0.05, 0) is 83.1 Å². The Balaban J connectivity index is 3.45. The number of hydrogen-bond acceptors (Lipinski definition) is 10. The molecular formula is C26H44O10. The maximum atomic E-state index is 12.8. The summed E-state index contributed by atoms with van der Waals surface area (Å²) >= 11 is 0. The molecule has 0 spiro atoms. The van der Waals surface area contributed by atoms with Gasteiger partial charge < -0.3 is 28.8 Å². The molecule has 1 saturated heterocycles. The van der Waals surface area contributed by atoms with Crippen molar-refractivity contribution in [1.29, 1.82) is 0 Å². The first kappa shape index (κ1) is 31.8. The quantitative estimate of drug-likeness (QED) is 0.429. The molecule has 0 aromatic rings. The summed E-state index contributed by atoms with van der Waals surface area (Å²) in [7, 11) is 0. The zero-order valence-electron chi connectivity index (χ0n) is 23.7. The molecule has 36 heavy (non-hydrogen) atoms. The summed E-state index contributed by atoms with van der Waals surface area (Å²) in [4.78, 5) is 50.6. The Morgan fingerprint density at radius 3 is 1.36 bits per heavy atom. The fourth-order valence-electron chi connectivity index (χ4n) is 2.64. The largest absolute Gasteiger partial charge is 0.462 e. The van der Waals surface area contributed by atoms with E-state index in [0.29, 0.717) is 0 Å². The Morgan fingerprint density at radius 2 is 0.972 bits per heavy atom. The first-order chi connectivity index (χ1) is 16.0. The van der Waals surface area contributed by atoms with Gasteiger partial charge in [0.25, 0.3) is 0 Å². The number of carbonyl (C=O) groups is 4. The molecule has 1 aliphatic rings. The topological polar surface area (TPSA) is 135 Å². The Bertz CT molecular complexity index is 820. The van der Waals surface area contributed by atoms with Crippen molar-refractivity contribution in [2.45, 2.75) is 114 Å². The number of aliphatic hydroxyl groups excluding tert-OH is 1. The summed E-state index contributed by atoms with van der Waals surface area (Å²) in [5, 5.41) is 11.1. The van der Waals surface area contributed by atoms with Crippen LogP contribution in [0.2, 0.25) is 0 Å². The molecule has 0 aromatic carbocycles. The second-order valence-electron chi connectivity index (χ2n) is 13.3. The van der Waals surface area contributed by atoms with Gasteiger partial charge in [-0.3, -0.25) is 19.2 Å². The Kier molecular flexibility index (Phi) is 9.77. The SMILES string of the molecule is CC(C)(C)C(=O)OC[C@H]1OC(OC(=O)C(C)(C)C)[C@@H](OC(=O)C(C)(C)C)[C@@H](OC(=O)C(C)(C)C)[C@@H]1O. The van der Waals surface area contributed by atoms with Gasteiger partial charge in [-0.2, -0.15) is 0 Å². The maximum absolute atomic E-state index is 12.8. The van der Waals surface area contributed by atoms with Crippen LogP contribution in [-0.2, 0) is 42.9 Å². The van der Waals surface area contributed by atoms with Crippen molar-refractivity contribution in [2.75, 3.05) is 6.61 Å². The molecule has 1 aliphatic heterocycles. The first-order valence-corrected chi connectivity index (χ1v) is 12.1. The van der Waals surface area contributed by atoms with Crippen molar-refractivity contribution < 1.29 is 48.0 Å². The molecule has 10 heteroatoms. The van der Waals surface area contributed by atoms with Crippen molar-refractivity contribution in [1.82, 2.24) is 0 Å². The van der Waals surface area contributed by atoms with E-state index in [1.165, 1.54) is 0 Å². The van der Waals surface area contributed by atoms with Crippen LogP contribution in [0.1, 0.15) is 83.1 Å². The van der Waals surface area contributed by atoms with E-state index in [2.05, 4.69) is 0 Å². The molecule has 208 valence electrons. The molecule has 0 amide bonds. The van der Waals surface area contributed by atoms with Gasteiger partial charge >= 0.3 is 23.9 Å². The van der Waals surface area contributed by atoms with Crippen LogP contribution in [0.15, 0.2) is 0 Å². The van der Waals surface area contributed by atoms with Crippen molar-refractivity contribution in [3.63, 3.8) is 0 Å². The monoisotopic (exact) mass is 516 g/mol. The van der Waals surface area contributed by atoms with Crippen molar-refractivity contribution in [2.24, 2.45) is 21.7 Å². The van der Waals surface area contributed by atoms with E-state index < -0.39 is 82.8 Å². The Hall–Kier alpha value is -2.20. The number of hydrogen-bond donors (Lipinski definition) is 1. The van der Waals surface area contributed by atoms with Crippen molar-refractivity contribution >= 4 is 23.9 Å². The molecule has 0 saturated carbocycles. The second kappa shape index (κ2) is 11.0. The molecule has 10 nitrogen and oxygen atoms in total. The van der Waals surface area contributed by atoms with Crippen LogP contribution < -0.4 is 0 Å².